The van der Waals surface area contributed by atoms with Gasteiger partial charge in [0.2, 0.25) is 5.91 Å². The van der Waals surface area contributed by atoms with Gasteiger partial charge in [-0.1, -0.05) is 42.1 Å². The molecule has 2 N–H and O–H groups in total. The molecule has 1 heterocycles. The molecular weight excluding hydrogens is 534 g/mol. The summed E-state index contributed by atoms with van der Waals surface area (Å²) < 4.78 is 55.6. The summed E-state index contributed by atoms with van der Waals surface area (Å²) in [6, 6.07) is 15.5. The number of thioether (sulfide) groups is 1. The first-order valence-electron chi connectivity index (χ1n) is 11.7. The fraction of sp³-hybridized carbons (Fsp3) is 0.185. The Morgan fingerprint density at radius 1 is 0.974 bits per heavy atom. The molecule has 202 valence electrons. The molecular formula is C27H23F4N5O2S. The fourth-order valence-corrected chi connectivity index (χ4v) is 4.45. The highest BCUT2D eigenvalue weighted by molar-refractivity contribution is 7.99. The van der Waals surface area contributed by atoms with Crippen LogP contribution in [0.15, 0.2) is 71.9 Å². The van der Waals surface area contributed by atoms with Crippen LogP contribution in [0.25, 0.3) is 5.69 Å². The molecule has 0 aliphatic rings. The smallest absolute Gasteiger partial charge is 0.345 e. The van der Waals surface area contributed by atoms with Crippen molar-refractivity contribution in [3.8, 4) is 5.69 Å². The number of aryl methyl sites for hydroxylation is 2. The van der Waals surface area contributed by atoms with Crippen LogP contribution in [0.1, 0.15) is 32.9 Å². The van der Waals surface area contributed by atoms with E-state index in [1.165, 1.54) is 34.9 Å². The molecule has 0 atom stereocenters. The van der Waals surface area contributed by atoms with Crippen LogP contribution in [0.4, 0.5) is 23.2 Å². The number of benzene rings is 3. The van der Waals surface area contributed by atoms with Gasteiger partial charge in [-0.05, 0) is 61.4 Å². The van der Waals surface area contributed by atoms with Gasteiger partial charge in [0.15, 0.2) is 11.0 Å². The number of alkyl halides is 3. The molecule has 0 aliphatic heterocycles. The molecule has 0 bridgehead atoms. The number of nitrogens with zero attached hydrogens (tertiary/aromatic N) is 3. The highest BCUT2D eigenvalue weighted by atomic mass is 32.2. The van der Waals surface area contributed by atoms with Crippen molar-refractivity contribution in [1.82, 2.24) is 20.1 Å². The Labute approximate surface area is 225 Å². The lowest BCUT2D eigenvalue weighted by molar-refractivity contribution is -0.137. The van der Waals surface area contributed by atoms with Crippen molar-refractivity contribution in [3.63, 3.8) is 0 Å². The van der Waals surface area contributed by atoms with E-state index in [-0.39, 0.29) is 40.4 Å². The molecule has 4 rings (SSSR count). The van der Waals surface area contributed by atoms with Crippen molar-refractivity contribution >= 4 is 29.3 Å². The maximum Gasteiger partial charge on any atom is 0.416 e. The van der Waals surface area contributed by atoms with Gasteiger partial charge in [-0.25, -0.2) is 4.39 Å². The van der Waals surface area contributed by atoms with E-state index in [0.717, 1.165) is 41.1 Å². The lowest BCUT2D eigenvalue weighted by Crippen LogP contribution is -2.25. The summed E-state index contributed by atoms with van der Waals surface area (Å²) in [6.45, 7) is 3.49. The SMILES string of the molecule is Cc1ccc(C)c(NC(=O)CSc2nnc(CNC(=O)c3ccccc3F)n2-c2cccc(C(F)(F)F)c2)c1. The first-order chi connectivity index (χ1) is 18.5. The lowest BCUT2D eigenvalue weighted by atomic mass is 10.1. The number of aromatic nitrogens is 3. The molecule has 4 aromatic rings. The first-order valence-corrected chi connectivity index (χ1v) is 12.7. The van der Waals surface area contributed by atoms with Gasteiger partial charge in [0, 0.05) is 5.69 Å². The number of amides is 2. The summed E-state index contributed by atoms with van der Waals surface area (Å²) in [7, 11) is 0. The largest absolute Gasteiger partial charge is 0.416 e. The van der Waals surface area contributed by atoms with Crippen molar-refractivity contribution in [3.05, 3.63) is 101 Å². The molecule has 0 fully saturated rings. The van der Waals surface area contributed by atoms with E-state index in [9.17, 15) is 27.2 Å². The van der Waals surface area contributed by atoms with Gasteiger partial charge in [0.05, 0.1) is 29.1 Å². The van der Waals surface area contributed by atoms with Crippen molar-refractivity contribution in [2.24, 2.45) is 0 Å². The summed E-state index contributed by atoms with van der Waals surface area (Å²) in [5.41, 5.74) is 1.49. The Morgan fingerprint density at radius 2 is 1.74 bits per heavy atom. The zero-order valence-electron chi connectivity index (χ0n) is 20.8. The summed E-state index contributed by atoms with van der Waals surface area (Å²) >= 11 is 0.970. The van der Waals surface area contributed by atoms with Crippen LogP contribution >= 0.6 is 11.8 Å². The molecule has 7 nitrogen and oxygen atoms in total. The van der Waals surface area contributed by atoms with Gasteiger partial charge < -0.3 is 10.6 Å². The Bertz CT molecular complexity index is 1520. The number of carbonyl (C=O) groups excluding carboxylic acids is 2. The van der Waals surface area contributed by atoms with Gasteiger partial charge in [-0.15, -0.1) is 10.2 Å². The van der Waals surface area contributed by atoms with Crippen molar-refractivity contribution < 1.29 is 27.2 Å². The molecule has 0 radical (unpaired) electrons. The second-order valence-corrected chi connectivity index (χ2v) is 9.54. The zero-order valence-corrected chi connectivity index (χ0v) is 21.7. The average molecular weight is 558 g/mol. The third-order valence-electron chi connectivity index (χ3n) is 5.66. The van der Waals surface area contributed by atoms with Crippen molar-refractivity contribution in [2.45, 2.75) is 31.7 Å². The van der Waals surface area contributed by atoms with Crippen LogP contribution in [0.2, 0.25) is 0 Å². The molecule has 2 amide bonds. The maximum atomic E-state index is 14.0. The highest BCUT2D eigenvalue weighted by Gasteiger charge is 2.31. The fourth-order valence-electron chi connectivity index (χ4n) is 3.68. The van der Waals surface area contributed by atoms with E-state index >= 15 is 0 Å². The van der Waals surface area contributed by atoms with Crippen LogP contribution in [-0.4, -0.2) is 32.3 Å². The molecule has 3 aromatic carbocycles. The highest BCUT2D eigenvalue weighted by Crippen LogP contribution is 2.32. The van der Waals surface area contributed by atoms with Crippen LogP contribution in [0.3, 0.4) is 0 Å². The van der Waals surface area contributed by atoms with Gasteiger partial charge in [0.25, 0.3) is 5.91 Å². The van der Waals surface area contributed by atoms with Crippen LogP contribution < -0.4 is 10.6 Å². The molecule has 0 unspecified atom stereocenters. The Kier molecular flexibility index (Phi) is 8.34. The molecule has 0 spiro atoms. The first kappa shape index (κ1) is 27.8. The Balaban J connectivity index is 1.59. The number of rotatable bonds is 8. The van der Waals surface area contributed by atoms with E-state index in [1.54, 1.807) is 0 Å². The van der Waals surface area contributed by atoms with E-state index in [2.05, 4.69) is 20.8 Å². The number of anilines is 1. The average Bonchev–Trinajstić information content (AvgIpc) is 3.31. The summed E-state index contributed by atoms with van der Waals surface area (Å²) in [6.07, 6.45) is -4.60. The molecule has 39 heavy (non-hydrogen) atoms. The topological polar surface area (TPSA) is 88.9 Å². The van der Waals surface area contributed by atoms with Crippen molar-refractivity contribution in [1.29, 1.82) is 0 Å². The van der Waals surface area contributed by atoms with Crippen molar-refractivity contribution in [2.75, 3.05) is 11.1 Å². The van der Waals surface area contributed by atoms with Gasteiger partial charge in [-0.2, -0.15) is 13.2 Å². The van der Waals surface area contributed by atoms with Crippen LogP contribution in [0, 0.1) is 19.7 Å². The van der Waals surface area contributed by atoms with Gasteiger partial charge in [-0.3, -0.25) is 14.2 Å². The van der Waals surface area contributed by atoms with Gasteiger partial charge >= 0.3 is 6.18 Å². The lowest BCUT2D eigenvalue weighted by Gasteiger charge is -2.14. The predicted molar refractivity (Wildman–Crippen MR) is 139 cm³/mol. The number of carbonyl (C=O) groups is 2. The van der Waals surface area contributed by atoms with E-state index in [0.29, 0.717) is 5.69 Å². The Hall–Kier alpha value is -4.19. The minimum atomic E-state index is -4.60. The van der Waals surface area contributed by atoms with Crippen LogP contribution in [-0.2, 0) is 17.5 Å². The Morgan fingerprint density at radius 3 is 2.49 bits per heavy atom. The molecule has 0 aliphatic carbocycles. The molecule has 1 aromatic heterocycles. The number of hydrogen-bond donors (Lipinski definition) is 2. The summed E-state index contributed by atoms with van der Waals surface area (Å²) in [4.78, 5) is 25.2. The summed E-state index contributed by atoms with van der Waals surface area (Å²) in [5, 5.41) is 13.6. The minimum Gasteiger partial charge on any atom is -0.345 e. The van der Waals surface area contributed by atoms with E-state index in [4.69, 9.17) is 0 Å². The van der Waals surface area contributed by atoms with Crippen LogP contribution in [0.5, 0.6) is 0 Å². The van der Waals surface area contributed by atoms with Gasteiger partial charge in [0.1, 0.15) is 5.82 Å². The predicted octanol–water partition coefficient (Wildman–Crippen LogP) is 5.70. The van der Waals surface area contributed by atoms with E-state index in [1.807, 2.05) is 32.0 Å². The third-order valence-corrected chi connectivity index (χ3v) is 6.59. The standard InChI is InChI=1S/C27H23F4N5O2S/c1-16-10-11-17(2)22(12-16)33-24(37)15-39-26-35-34-23(14-32-25(38)20-8-3-4-9-21(20)28)36(26)19-7-5-6-18(13-19)27(29,30)31/h3-13H,14-15H2,1-2H3,(H,32,38)(H,33,37). The van der Waals surface area contributed by atoms with E-state index < -0.39 is 23.5 Å². The number of halogens is 4. The maximum absolute atomic E-state index is 14.0. The zero-order chi connectivity index (χ0) is 28.2. The molecule has 12 heteroatoms. The minimum absolute atomic E-state index is 0.0856. The number of hydrogen-bond acceptors (Lipinski definition) is 5. The molecule has 0 saturated carbocycles. The second-order valence-electron chi connectivity index (χ2n) is 8.60. The quantitative estimate of drug-likeness (QED) is 0.214. The number of nitrogens with one attached hydrogen (secondary N) is 2. The second kappa shape index (κ2) is 11.7. The third kappa shape index (κ3) is 6.82. The monoisotopic (exact) mass is 557 g/mol. The normalized spacial score (nSPS) is 11.3. The summed E-state index contributed by atoms with van der Waals surface area (Å²) in [5.74, 6) is -1.81. The molecule has 0 saturated heterocycles.